The molecule has 0 saturated heterocycles. The van der Waals surface area contributed by atoms with Crippen LogP contribution < -0.4 is 4.74 Å². The number of hydrogen-bond donors (Lipinski definition) is 0. The summed E-state index contributed by atoms with van der Waals surface area (Å²) in [7, 11) is 1.55. The topological polar surface area (TPSA) is 65.7 Å². The lowest BCUT2D eigenvalue weighted by Gasteiger charge is -2.06. The lowest BCUT2D eigenvalue weighted by molar-refractivity contribution is 0.394. The molecule has 0 aliphatic carbocycles. The maximum absolute atomic E-state index is 6.18. The van der Waals surface area contributed by atoms with E-state index in [0.29, 0.717) is 28.7 Å². The average molecular weight is 290 g/mol. The van der Waals surface area contributed by atoms with Gasteiger partial charge in [0.1, 0.15) is 5.52 Å². The molecule has 6 nitrogen and oxygen atoms in total. The van der Waals surface area contributed by atoms with Crippen molar-refractivity contribution < 1.29 is 4.74 Å². The predicted molar refractivity (Wildman–Crippen MR) is 75.0 cm³/mol. The second-order valence-electron chi connectivity index (χ2n) is 4.33. The fourth-order valence-corrected chi connectivity index (χ4v) is 2.22. The summed E-state index contributed by atoms with van der Waals surface area (Å²) >= 11 is 6.18. The third-order valence-corrected chi connectivity index (χ3v) is 3.41. The zero-order valence-electron chi connectivity index (χ0n) is 11.0. The fourth-order valence-electron chi connectivity index (χ4n) is 2.02. The van der Waals surface area contributed by atoms with Crippen LogP contribution in [0.3, 0.4) is 0 Å². The molecule has 0 aliphatic heterocycles. The Morgan fingerprint density at radius 1 is 1.20 bits per heavy atom. The molecule has 0 aliphatic rings. The molecular weight excluding hydrogens is 278 g/mol. The Bertz CT molecular complexity index is 771. The van der Waals surface area contributed by atoms with Crippen molar-refractivity contribution in [3.63, 3.8) is 0 Å². The summed E-state index contributed by atoms with van der Waals surface area (Å²) in [4.78, 5) is 0. The third-order valence-electron chi connectivity index (χ3n) is 3.04. The first kappa shape index (κ1) is 12.8. The lowest BCUT2D eigenvalue weighted by atomic mass is 10.2. The first-order valence-corrected chi connectivity index (χ1v) is 6.42. The Labute approximate surface area is 120 Å². The summed E-state index contributed by atoms with van der Waals surface area (Å²) in [6.45, 7) is 2.33. The van der Waals surface area contributed by atoms with Gasteiger partial charge < -0.3 is 4.74 Å². The van der Waals surface area contributed by atoms with Crippen LogP contribution in [-0.2, 0) is 6.54 Å². The predicted octanol–water partition coefficient (Wildman–Crippen LogP) is 2.24. The van der Waals surface area contributed by atoms with E-state index in [0.717, 1.165) is 11.1 Å². The Morgan fingerprint density at radius 2 is 2.00 bits per heavy atom. The van der Waals surface area contributed by atoms with Crippen molar-refractivity contribution in [1.29, 1.82) is 0 Å². The largest absolute Gasteiger partial charge is 0.478 e. The van der Waals surface area contributed by atoms with Crippen molar-refractivity contribution in [1.82, 2.24) is 25.2 Å². The number of aromatic nitrogens is 5. The Hall–Kier alpha value is -2.21. The number of methoxy groups -OCH3 is 1. The van der Waals surface area contributed by atoms with Gasteiger partial charge in [-0.1, -0.05) is 35.0 Å². The molecule has 0 spiro atoms. The lowest BCUT2D eigenvalue weighted by Crippen LogP contribution is -2.05. The first-order valence-electron chi connectivity index (χ1n) is 6.04. The van der Waals surface area contributed by atoms with E-state index in [9.17, 15) is 0 Å². The molecule has 0 atom stereocenters. The molecule has 0 saturated carbocycles. The van der Waals surface area contributed by atoms with Crippen LogP contribution in [0.1, 0.15) is 11.3 Å². The maximum atomic E-state index is 6.18. The van der Waals surface area contributed by atoms with E-state index in [4.69, 9.17) is 16.3 Å². The first-order chi connectivity index (χ1) is 9.70. The second kappa shape index (κ2) is 5.05. The number of ether oxygens (including phenoxy) is 1. The number of fused-ring (bicyclic) bond motifs is 1. The van der Waals surface area contributed by atoms with Crippen LogP contribution >= 0.6 is 11.6 Å². The SMILES string of the molecule is COc1nnc(C)c2nnn(Cc3ccccc3Cl)c12. The van der Waals surface area contributed by atoms with Gasteiger partial charge >= 0.3 is 0 Å². The number of halogens is 1. The summed E-state index contributed by atoms with van der Waals surface area (Å²) in [6, 6.07) is 7.62. The molecule has 3 rings (SSSR count). The normalized spacial score (nSPS) is 10.9. The minimum absolute atomic E-state index is 0.405. The molecule has 20 heavy (non-hydrogen) atoms. The number of aryl methyl sites for hydroxylation is 1. The van der Waals surface area contributed by atoms with Crippen molar-refractivity contribution in [2.45, 2.75) is 13.5 Å². The van der Waals surface area contributed by atoms with Gasteiger partial charge in [0.15, 0.2) is 5.52 Å². The summed E-state index contributed by atoms with van der Waals surface area (Å²) in [5, 5.41) is 17.0. The van der Waals surface area contributed by atoms with Crippen LogP contribution in [0.5, 0.6) is 5.88 Å². The Kier molecular flexibility index (Phi) is 3.23. The van der Waals surface area contributed by atoms with Gasteiger partial charge in [-0.05, 0) is 18.6 Å². The molecule has 0 N–H and O–H groups in total. The van der Waals surface area contributed by atoms with Crippen LogP contribution in [0.25, 0.3) is 11.0 Å². The Balaban J connectivity index is 2.13. The average Bonchev–Trinajstić information content (AvgIpc) is 2.87. The zero-order valence-corrected chi connectivity index (χ0v) is 11.8. The van der Waals surface area contributed by atoms with Gasteiger partial charge in [-0.25, -0.2) is 4.68 Å². The summed E-state index contributed by atoms with van der Waals surface area (Å²) in [6.07, 6.45) is 0. The highest BCUT2D eigenvalue weighted by Gasteiger charge is 2.16. The minimum atomic E-state index is 0.405. The number of rotatable bonds is 3. The standard InChI is InChI=1S/C13H12ClN5O/c1-8-11-12(13(20-2)17-15-8)19(18-16-11)7-9-5-3-4-6-10(9)14/h3-6H,7H2,1-2H3. The molecule has 0 radical (unpaired) electrons. The van der Waals surface area contributed by atoms with Gasteiger partial charge in [-0.15, -0.1) is 15.3 Å². The summed E-state index contributed by atoms with van der Waals surface area (Å²) in [5.41, 5.74) is 3.08. The molecular formula is C13H12ClN5O. The number of hydrogen-bond acceptors (Lipinski definition) is 5. The summed E-state index contributed by atoms with van der Waals surface area (Å²) < 4.78 is 6.96. The summed E-state index contributed by atoms with van der Waals surface area (Å²) in [5.74, 6) is 0.405. The van der Waals surface area contributed by atoms with Crippen LogP contribution in [-0.4, -0.2) is 32.3 Å². The highest BCUT2D eigenvalue weighted by atomic mass is 35.5. The van der Waals surface area contributed by atoms with E-state index in [2.05, 4.69) is 20.5 Å². The van der Waals surface area contributed by atoms with Crippen molar-refractivity contribution in [2.75, 3.05) is 7.11 Å². The second-order valence-corrected chi connectivity index (χ2v) is 4.74. The van der Waals surface area contributed by atoms with E-state index in [1.165, 1.54) is 0 Å². The molecule has 0 bridgehead atoms. The molecule has 7 heteroatoms. The Morgan fingerprint density at radius 3 is 2.75 bits per heavy atom. The van der Waals surface area contributed by atoms with Crippen molar-refractivity contribution >= 4 is 22.6 Å². The monoisotopic (exact) mass is 289 g/mol. The molecule has 1 aromatic carbocycles. The van der Waals surface area contributed by atoms with Crippen molar-refractivity contribution in [3.8, 4) is 5.88 Å². The van der Waals surface area contributed by atoms with Gasteiger partial charge in [0.2, 0.25) is 0 Å². The van der Waals surface area contributed by atoms with E-state index < -0.39 is 0 Å². The smallest absolute Gasteiger partial charge is 0.261 e. The third kappa shape index (κ3) is 2.08. The van der Waals surface area contributed by atoms with Gasteiger partial charge in [0, 0.05) is 5.02 Å². The van der Waals surface area contributed by atoms with Crippen LogP contribution in [0.15, 0.2) is 24.3 Å². The minimum Gasteiger partial charge on any atom is -0.478 e. The molecule has 0 fully saturated rings. The van der Waals surface area contributed by atoms with Crippen LogP contribution in [0, 0.1) is 6.92 Å². The van der Waals surface area contributed by atoms with Crippen LogP contribution in [0.4, 0.5) is 0 Å². The van der Waals surface area contributed by atoms with E-state index in [1.54, 1.807) is 11.8 Å². The van der Waals surface area contributed by atoms with E-state index >= 15 is 0 Å². The molecule has 102 valence electrons. The molecule has 2 aromatic heterocycles. The van der Waals surface area contributed by atoms with Gasteiger partial charge in [0.05, 0.1) is 19.3 Å². The highest BCUT2D eigenvalue weighted by molar-refractivity contribution is 6.31. The fraction of sp³-hybridized carbons (Fsp3) is 0.231. The highest BCUT2D eigenvalue weighted by Crippen LogP contribution is 2.24. The quantitative estimate of drug-likeness (QED) is 0.740. The van der Waals surface area contributed by atoms with E-state index in [1.807, 2.05) is 31.2 Å². The van der Waals surface area contributed by atoms with Crippen LogP contribution in [0.2, 0.25) is 5.02 Å². The van der Waals surface area contributed by atoms with Gasteiger partial charge in [-0.2, -0.15) is 0 Å². The molecule has 0 unspecified atom stereocenters. The molecule has 0 amide bonds. The molecule has 2 heterocycles. The zero-order chi connectivity index (χ0) is 14.1. The van der Waals surface area contributed by atoms with Crippen molar-refractivity contribution in [2.24, 2.45) is 0 Å². The number of nitrogens with zero attached hydrogens (tertiary/aromatic N) is 5. The number of benzene rings is 1. The van der Waals surface area contributed by atoms with E-state index in [-0.39, 0.29) is 0 Å². The van der Waals surface area contributed by atoms with Gasteiger partial charge in [-0.3, -0.25) is 0 Å². The van der Waals surface area contributed by atoms with Crippen molar-refractivity contribution in [3.05, 3.63) is 40.5 Å². The molecule has 3 aromatic rings. The maximum Gasteiger partial charge on any atom is 0.261 e. The van der Waals surface area contributed by atoms with Gasteiger partial charge in [0.25, 0.3) is 5.88 Å².